The molecule has 0 saturated heterocycles. The molecule has 0 atom stereocenters. The van der Waals surface area contributed by atoms with Crippen molar-refractivity contribution < 1.29 is 0 Å². The first-order chi connectivity index (χ1) is 11.3. The average molecular weight is 318 g/mol. The van der Waals surface area contributed by atoms with Gasteiger partial charge < -0.3 is 0 Å². The van der Waals surface area contributed by atoms with Crippen molar-refractivity contribution in [3.8, 4) is 11.1 Å². The van der Waals surface area contributed by atoms with Crippen LogP contribution in [0.25, 0.3) is 16.8 Å². The Morgan fingerprint density at radius 2 is 1.67 bits per heavy atom. The molecule has 0 unspecified atom stereocenters. The number of aromatic nitrogens is 3. The lowest BCUT2D eigenvalue weighted by Crippen LogP contribution is -1.93. The number of aryl methyl sites for hydroxylation is 1. The Morgan fingerprint density at radius 1 is 1.00 bits per heavy atom. The zero-order valence-corrected chi connectivity index (χ0v) is 14.9. The van der Waals surface area contributed by atoms with E-state index >= 15 is 0 Å². The fraction of sp³-hybridized carbons (Fsp3) is 0.400. The summed E-state index contributed by atoms with van der Waals surface area (Å²) in [7, 11) is 0. The largest absolute Gasteiger partial charge is 0.233 e. The van der Waals surface area contributed by atoms with Crippen molar-refractivity contribution >= 4 is 14.1 Å². The summed E-state index contributed by atoms with van der Waals surface area (Å²) >= 11 is 0. The first kappa shape index (κ1) is 18.2. The third-order valence-electron chi connectivity index (χ3n) is 4.56. The predicted molar refractivity (Wildman–Crippen MR) is 101 cm³/mol. The van der Waals surface area contributed by atoms with Gasteiger partial charge in [0.15, 0.2) is 5.65 Å². The van der Waals surface area contributed by atoms with Crippen LogP contribution in [0.2, 0.25) is 0 Å². The van der Waals surface area contributed by atoms with E-state index in [1.54, 1.807) is 0 Å². The van der Waals surface area contributed by atoms with Crippen molar-refractivity contribution in [2.75, 3.05) is 0 Å². The lowest BCUT2D eigenvalue weighted by atomic mass is 9.96. The molecule has 4 rings (SSSR count). The molecule has 1 saturated carbocycles. The van der Waals surface area contributed by atoms with Crippen LogP contribution in [-0.4, -0.2) is 23.0 Å². The smallest absolute Gasteiger partial charge is 0.163 e. The average Bonchev–Trinajstić information content (AvgIpc) is 3.26. The molecular formula is C20H25BN3. The summed E-state index contributed by atoms with van der Waals surface area (Å²) in [5.41, 5.74) is 5.74. The Balaban J connectivity index is 0.000000670. The van der Waals surface area contributed by atoms with E-state index in [1.807, 2.05) is 43.7 Å². The molecule has 1 aliphatic carbocycles. The second kappa shape index (κ2) is 8.14. The van der Waals surface area contributed by atoms with Crippen LogP contribution in [0.15, 0.2) is 42.7 Å². The molecule has 0 amide bonds. The molecule has 4 heteroatoms. The summed E-state index contributed by atoms with van der Waals surface area (Å²) in [6, 6.07) is 11.0. The van der Waals surface area contributed by atoms with Crippen molar-refractivity contribution in [3.05, 3.63) is 54.0 Å². The summed E-state index contributed by atoms with van der Waals surface area (Å²) in [4.78, 5) is 4.61. The Hall–Kier alpha value is -2.10. The van der Waals surface area contributed by atoms with Gasteiger partial charge in [-0.25, -0.2) is 9.50 Å². The number of nitrogens with zero attached hydrogens (tertiary/aromatic N) is 3. The predicted octanol–water partition coefficient (Wildman–Crippen LogP) is 5.01. The molecule has 1 aliphatic rings. The molecule has 0 spiro atoms. The van der Waals surface area contributed by atoms with E-state index in [1.165, 1.54) is 36.8 Å². The van der Waals surface area contributed by atoms with Crippen LogP contribution >= 0.6 is 0 Å². The molecule has 24 heavy (non-hydrogen) atoms. The molecule has 1 fully saturated rings. The van der Waals surface area contributed by atoms with Crippen LogP contribution < -0.4 is 0 Å². The van der Waals surface area contributed by atoms with Gasteiger partial charge in [-0.2, -0.15) is 5.10 Å². The normalized spacial score (nSPS) is 14.1. The van der Waals surface area contributed by atoms with Crippen LogP contribution in [0.3, 0.4) is 0 Å². The van der Waals surface area contributed by atoms with Crippen LogP contribution in [-0.2, 0) is 0 Å². The first-order valence-corrected chi connectivity index (χ1v) is 8.72. The third kappa shape index (κ3) is 3.53. The fourth-order valence-corrected chi connectivity index (χ4v) is 3.36. The maximum atomic E-state index is 4.61. The van der Waals surface area contributed by atoms with Gasteiger partial charge in [0.05, 0.1) is 6.20 Å². The van der Waals surface area contributed by atoms with Gasteiger partial charge in [0.2, 0.25) is 0 Å². The van der Waals surface area contributed by atoms with Gasteiger partial charge in [0.25, 0.3) is 0 Å². The minimum absolute atomic E-state index is 0. The van der Waals surface area contributed by atoms with E-state index in [9.17, 15) is 0 Å². The molecule has 123 valence electrons. The summed E-state index contributed by atoms with van der Waals surface area (Å²) in [6.45, 7) is 6.01. The van der Waals surface area contributed by atoms with Gasteiger partial charge in [0.1, 0.15) is 0 Å². The highest BCUT2D eigenvalue weighted by Crippen LogP contribution is 2.35. The highest BCUT2D eigenvalue weighted by atomic mass is 15.2. The van der Waals surface area contributed by atoms with Crippen molar-refractivity contribution in [2.45, 2.75) is 52.4 Å². The van der Waals surface area contributed by atoms with E-state index in [4.69, 9.17) is 0 Å². The Labute approximate surface area is 146 Å². The molecule has 0 N–H and O–H groups in total. The van der Waals surface area contributed by atoms with E-state index < -0.39 is 0 Å². The minimum Gasteiger partial charge on any atom is -0.233 e. The van der Waals surface area contributed by atoms with E-state index in [-0.39, 0.29) is 8.41 Å². The topological polar surface area (TPSA) is 30.2 Å². The summed E-state index contributed by atoms with van der Waals surface area (Å²) < 4.78 is 1.84. The molecule has 2 heterocycles. The molecule has 0 aliphatic heterocycles. The zero-order chi connectivity index (χ0) is 16.2. The van der Waals surface area contributed by atoms with E-state index in [0.29, 0.717) is 0 Å². The standard InChI is InChI=1S/C18H19N3.C2H6.B/c1-13-10-11-21-18(20-13)17(12-19-21)16-8-6-15(7-9-16)14-4-2-3-5-14;1-2;/h6-12,14H,2-5H2,1H3;1-2H3;. The number of hydrogen-bond acceptors (Lipinski definition) is 2. The van der Waals surface area contributed by atoms with Gasteiger partial charge in [-0.3, -0.25) is 0 Å². The Morgan fingerprint density at radius 3 is 2.33 bits per heavy atom. The SMILES string of the molecule is CC.Cc1ccn2ncc(-c3ccc(C4CCCC4)cc3)c2n1.[B]. The second-order valence-corrected chi connectivity index (χ2v) is 6.00. The van der Waals surface area contributed by atoms with Gasteiger partial charge in [-0.05, 0) is 42.9 Å². The van der Waals surface area contributed by atoms with Crippen LogP contribution in [0.5, 0.6) is 0 Å². The number of benzene rings is 1. The molecular weight excluding hydrogens is 293 g/mol. The van der Waals surface area contributed by atoms with Crippen LogP contribution in [0.1, 0.15) is 56.7 Å². The number of fused-ring (bicyclic) bond motifs is 1. The maximum Gasteiger partial charge on any atom is 0.163 e. The van der Waals surface area contributed by atoms with Crippen molar-refractivity contribution in [1.82, 2.24) is 14.6 Å². The number of rotatable bonds is 2. The zero-order valence-electron chi connectivity index (χ0n) is 14.9. The van der Waals surface area contributed by atoms with Gasteiger partial charge in [-0.15, -0.1) is 0 Å². The van der Waals surface area contributed by atoms with Gasteiger partial charge in [0, 0.05) is 25.9 Å². The minimum atomic E-state index is 0. The third-order valence-corrected chi connectivity index (χ3v) is 4.56. The van der Waals surface area contributed by atoms with Crippen molar-refractivity contribution in [2.24, 2.45) is 0 Å². The second-order valence-electron chi connectivity index (χ2n) is 6.00. The highest BCUT2D eigenvalue weighted by molar-refractivity contribution is 5.77. The summed E-state index contributed by atoms with van der Waals surface area (Å²) in [5.74, 6) is 0.767. The maximum absolute atomic E-state index is 4.61. The van der Waals surface area contributed by atoms with Crippen LogP contribution in [0.4, 0.5) is 0 Å². The number of hydrogen-bond donors (Lipinski definition) is 0. The Bertz CT molecular complexity index is 771. The van der Waals surface area contributed by atoms with Gasteiger partial charge >= 0.3 is 0 Å². The van der Waals surface area contributed by atoms with Crippen molar-refractivity contribution in [3.63, 3.8) is 0 Å². The fourth-order valence-electron chi connectivity index (χ4n) is 3.36. The lowest BCUT2D eigenvalue weighted by Gasteiger charge is -2.09. The molecule has 0 bridgehead atoms. The molecule has 3 aromatic rings. The van der Waals surface area contributed by atoms with E-state index in [0.717, 1.165) is 22.8 Å². The molecule has 1 aromatic carbocycles. The summed E-state index contributed by atoms with van der Waals surface area (Å²) in [6.07, 6.45) is 9.32. The quantitative estimate of drug-likeness (QED) is 0.622. The van der Waals surface area contributed by atoms with Gasteiger partial charge in [-0.1, -0.05) is 51.0 Å². The Kier molecular flexibility index (Phi) is 6.19. The monoisotopic (exact) mass is 318 g/mol. The molecule has 2 aromatic heterocycles. The lowest BCUT2D eigenvalue weighted by molar-refractivity contribution is 0.723. The van der Waals surface area contributed by atoms with E-state index in [2.05, 4.69) is 34.3 Å². The molecule has 3 radical (unpaired) electrons. The summed E-state index contributed by atoms with van der Waals surface area (Å²) in [5, 5.41) is 4.39. The first-order valence-electron chi connectivity index (χ1n) is 8.72. The highest BCUT2D eigenvalue weighted by Gasteiger charge is 2.17. The van der Waals surface area contributed by atoms with Crippen LogP contribution in [0, 0.1) is 6.92 Å². The molecule has 3 nitrogen and oxygen atoms in total. The van der Waals surface area contributed by atoms with Crippen molar-refractivity contribution in [1.29, 1.82) is 0 Å².